The van der Waals surface area contributed by atoms with Crippen LogP contribution in [0, 0.1) is 5.92 Å². The highest BCUT2D eigenvalue weighted by molar-refractivity contribution is 7.19. The summed E-state index contributed by atoms with van der Waals surface area (Å²) in [4.78, 5) is 31.8. The first-order valence-corrected chi connectivity index (χ1v) is 9.49. The zero-order valence-corrected chi connectivity index (χ0v) is 15.3. The number of carbonyl (C=O) groups excluding carboxylic acids is 1. The quantitative estimate of drug-likeness (QED) is 0.772. The topological polar surface area (TPSA) is 66.7 Å². The first kappa shape index (κ1) is 16.9. The van der Waals surface area contributed by atoms with Gasteiger partial charge >= 0.3 is 0 Å². The highest BCUT2D eigenvalue weighted by Crippen LogP contribution is 2.30. The van der Waals surface area contributed by atoms with Crippen LogP contribution >= 0.6 is 11.3 Å². The van der Waals surface area contributed by atoms with Gasteiger partial charge < -0.3 is 10.2 Å². The van der Waals surface area contributed by atoms with Gasteiger partial charge in [-0.1, -0.05) is 17.4 Å². The summed E-state index contributed by atoms with van der Waals surface area (Å²) in [7, 11) is 2.08. The van der Waals surface area contributed by atoms with Crippen LogP contribution in [-0.4, -0.2) is 40.3 Å². The smallest absolute Gasteiger partial charge is 0.255 e. The molecular formula is C19H20N4O2S. The van der Waals surface area contributed by atoms with Crippen molar-refractivity contribution >= 4 is 27.9 Å². The van der Waals surface area contributed by atoms with Crippen LogP contribution in [0.3, 0.4) is 0 Å². The predicted octanol–water partition coefficient (Wildman–Crippen LogP) is 2.70. The number of carbonyl (C=O) groups is 1. The van der Waals surface area contributed by atoms with E-state index >= 15 is 0 Å². The summed E-state index contributed by atoms with van der Waals surface area (Å²) < 4.78 is 1.60. The lowest BCUT2D eigenvalue weighted by atomic mass is 9.96. The van der Waals surface area contributed by atoms with Crippen LogP contribution < -0.4 is 10.9 Å². The Hall–Kier alpha value is -2.51. The van der Waals surface area contributed by atoms with E-state index in [9.17, 15) is 9.59 Å². The number of thiazole rings is 1. The van der Waals surface area contributed by atoms with Crippen molar-refractivity contribution in [3.05, 3.63) is 53.1 Å². The molecule has 1 aliphatic heterocycles. The van der Waals surface area contributed by atoms with Gasteiger partial charge in [-0.05, 0) is 56.7 Å². The van der Waals surface area contributed by atoms with Crippen LogP contribution in [0.15, 0.2) is 47.5 Å². The van der Waals surface area contributed by atoms with Gasteiger partial charge in [-0.2, -0.15) is 0 Å². The largest absolute Gasteiger partial charge is 0.306 e. The van der Waals surface area contributed by atoms with Crippen LogP contribution in [0.4, 0.5) is 5.13 Å². The molecule has 1 fully saturated rings. The average molecular weight is 368 g/mol. The standard InChI is InChI=1S/C19H20N4O2S/c1-22-8-5-13(6-9-22)18(25)21-19-20-12-16(26-19)14-7-10-23-15(11-14)3-2-4-17(23)24/h2-4,7,10-13H,5-6,8-9H2,1H3,(H,20,21,25). The Morgan fingerprint density at radius 3 is 2.88 bits per heavy atom. The van der Waals surface area contributed by atoms with Crippen LogP contribution in [0.5, 0.6) is 0 Å². The molecule has 0 saturated carbocycles. The number of fused-ring (bicyclic) bond motifs is 1. The van der Waals surface area contributed by atoms with Crippen LogP contribution in [-0.2, 0) is 4.79 Å². The van der Waals surface area contributed by atoms with Crippen molar-refractivity contribution < 1.29 is 4.79 Å². The maximum absolute atomic E-state index is 12.4. The number of nitrogens with zero attached hydrogens (tertiary/aromatic N) is 3. The monoisotopic (exact) mass is 368 g/mol. The van der Waals surface area contributed by atoms with Gasteiger partial charge in [-0.25, -0.2) is 4.98 Å². The van der Waals surface area contributed by atoms with E-state index < -0.39 is 0 Å². The third-order valence-corrected chi connectivity index (χ3v) is 5.80. The number of anilines is 1. The van der Waals surface area contributed by atoms with Crippen LogP contribution in [0.1, 0.15) is 12.8 Å². The second-order valence-corrected chi connectivity index (χ2v) is 7.70. The number of hydrogen-bond donors (Lipinski definition) is 1. The van der Waals surface area contributed by atoms with Crippen molar-refractivity contribution in [2.24, 2.45) is 5.92 Å². The summed E-state index contributed by atoms with van der Waals surface area (Å²) in [6.07, 6.45) is 5.31. The number of likely N-dealkylation sites (tertiary alicyclic amines) is 1. The van der Waals surface area contributed by atoms with E-state index in [1.807, 2.05) is 18.2 Å². The Kier molecular flexibility index (Phi) is 4.57. The summed E-state index contributed by atoms with van der Waals surface area (Å²) >= 11 is 1.45. The number of nitrogens with one attached hydrogen (secondary N) is 1. The predicted molar refractivity (Wildman–Crippen MR) is 104 cm³/mol. The SMILES string of the molecule is CN1CCC(C(=O)Nc2ncc(-c3ccn4c(=O)cccc4c3)s2)CC1. The van der Waals surface area contributed by atoms with Crippen molar-refractivity contribution in [1.82, 2.24) is 14.3 Å². The molecule has 6 nitrogen and oxygen atoms in total. The zero-order valence-electron chi connectivity index (χ0n) is 14.5. The van der Waals surface area contributed by atoms with Gasteiger partial charge in [0.1, 0.15) is 0 Å². The Morgan fingerprint density at radius 1 is 1.27 bits per heavy atom. The zero-order chi connectivity index (χ0) is 18.1. The van der Waals surface area contributed by atoms with E-state index in [1.54, 1.807) is 22.9 Å². The number of hydrogen-bond acceptors (Lipinski definition) is 5. The fourth-order valence-electron chi connectivity index (χ4n) is 3.25. The summed E-state index contributed by atoms with van der Waals surface area (Å²) in [5.41, 5.74) is 1.76. The minimum atomic E-state index is -0.0515. The number of piperidine rings is 1. The molecule has 0 radical (unpaired) electrons. The molecule has 0 atom stereocenters. The maximum atomic E-state index is 12.4. The van der Waals surface area contributed by atoms with E-state index in [2.05, 4.69) is 22.2 Å². The minimum absolute atomic E-state index is 0.0515. The number of aromatic nitrogens is 2. The molecule has 0 spiro atoms. The minimum Gasteiger partial charge on any atom is -0.306 e. The Bertz CT molecular complexity index is 1000. The summed E-state index contributed by atoms with van der Waals surface area (Å²) in [6, 6.07) is 9.04. The van der Waals surface area contributed by atoms with Crippen molar-refractivity contribution in [1.29, 1.82) is 0 Å². The second kappa shape index (κ2) is 7.01. The average Bonchev–Trinajstić information content (AvgIpc) is 3.10. The molecule has 3 aromatic heterocycles. The van der Waals surface area contributed by atoms with Gasteiger partial charge in [0.2, 0.25) is 5.91 Å². The molecule has 4 rings (SSSR count). The maximum Gasteiger partial charge on any atom is 0.255 e. The lowest BCUT2D eigenvalue weighted by Crippen LogP contribution is -2.35. The Labute approximate surface area is 155 Å². The normalized spacial score (nSPS) is 16.0. The molecule has 26 heavy (non-hydrogen) atoms. The highest BCUT2D eigenvalue weighted by atomic mass is 32.1. The number of rotatable bonds is 3. The molecule has 1 aliphatic rings. The molecule has 4 heterocycles. The van der Waals surface area contributed by atoms with Crippen molar-refractivity contribution in [3.63, 3.8) is 0 Å². The van der Waals surface area contributed by atoms with Crippen LogP contribution in [0.2, 0.25) is 0 Å². The van der Waals surface area contributed by atoms with Crippen LogP contribution in [0.25, 0.3) is 16.0 Å². The Balaban J connectivity index is 1.51. The molecule has 1 amide bonds. The second-order valence-electron chi connectivity index (χ2n) is 6.67. The van der Waals surface area contributed by atoms with E-state index in [0.717, 1.165) is 41.9 Å². The molecule has 7 heteroatoms. The van der Waals surface area contributed by atoms with E-state index in [1.165, 1.54) is 17.4 Å². The molecule has 1 saturated heterocycles. The molecule has 0 bridgehead atoms. The van der Waals surface area contributed by atoms with Gasteiger partial charge in [0, 0.05) is 29.9 Å². The van der Waals surface area contributed by atoms with E-state index in [0.29, 0.717) is 5.13 Å². The lowest BCUT2D eigenvalue weighted by Gasteiger charge is -2.27. The van der Waals surface area contributed by atoms with E-state index in [-0.39, 0.29) is 17.4 Å². The van der Waals surface area contributed by atoms with Gasteiger partial charge in [-0.3, -0.25) is 14.0 Å². The summed E-state index contributed by atoms with van der Waals surface area (Å²) in [6.45, 7) is 1.91. The molecule has 1 N–H and O–H groups in total. The van der Waals surface area contributed by atoms with Gasteiger partial charge in [0.25, 0.3) is 5.56 Å². The van der Waals surface area contributed by atoms with Gasteiger partial charge in [-0.15, -0.1) is 0 Å². The van der Waals surface area contributed by atoms with Crippen molar-refractivity contribution in [3.8, 4) is 10.4 Å². The molecule has 0 unspecified atom stereocenters. The third kappa shape index (κ3) is 3.40. The van der Waals surface area contributed by atoms with Gasteiger partial charge in [0.15, 0.2) is 5.13 Å². The lowest BCUT2D eigenvalue weighted by molar-refractivity contribution is -0.121. The third-order valence-electron chi connectivity index (χ3n) is 4.84. The first-order chi connectivity index (χ1) is 12.6. The first-order valence-electron chi connectivity index (χ1n) is 8.67. The fraction of sp³-hybridized carbons (Fsp3) is 0.316. The van der Waals surface area contributed by atoms with Crippen molar-refractivity contribution in [2.75, 3.05) is 25.5 Å². The summed E-state index contributed by atoms with van der Waals surface area (Å²) in [5.74, 6) is 0.121. The fourth-order valence-corrected chi connectivity index (χ4v) is 4.07. The number of pyridine rings is 2. The Morgan fingerprint density at radius 2 is 2.08 bits per heavy atom. The highest BCUT2D eigenvalue weighted by Gasteiger charge is 2.24. The molecule has 0 aliphatic carbocycles. The molecule has 134 valence electrons. The molecule has 3 aromatic rings. The van der Waals surface area contributed by atoms with Crippen molar-refractivity contribution in [2.45, 2.75) is 12.8 Å². The number of amides is 1. The van der Waals surface area contributed by atoms with Gasteiger partial charge in [0.05, 0.1) is 4.88 Å². The molecular weight excluding hydrogens is 348 g/mol. The summed E-state index contributed by atoms with van der Waals surface area (Å²) in [5, 5.41) is 3.58. The van der Waals surface area contributed by atoms with E-state index in [4.69, 9.17) is 0 Å². The molecule has 0 aromatic carbocycles.